The number of hydrogen-bond donors (Lipinski definition) is 1. The number of nitrogens with zero attached hydrogens (tertiary/aromatic N) is 2. The van der Waals surface area contributed by atoms with E-state index in [1.807, 2.05) is 24.3 Å². The number of aromatic nitrogens is 2. The highest BCUT2D eigenvalue weighted by Crippen LogP contribution is 2.18. The van der Waals surface area contributed by atoms with E-state index in [9.17, 15) is 4.79 Å². The summed E-state index contributed by atoms with van der Waals surface area (Å²) in [5.41, 5.74) is 1.01. The van der Waals surface area contributed by atoms with E-state index in [1.54, 1.807) is 0 Å². The largest absolute Gasteiger partial charge is 0.493 e. The van der Waals surface area contributed by atoms with Crippen molar-refractivity contribution in [2.75, 3.05) is 6.61 Å². The summed E-state index contributed by atoms with van der Waals surface area (Å²) in [6.07, 6.45) is 1.27. The summed E-state index contributed by atoms with van der Waals surface area (Å²) < 4.78 is 5.70. The third-order valence-electron chi connectivity index (χ3n) is 2.90. The zero-order chi connectivity index (χ0) is 15.2. The highest BCUT2D eigenvalue weighted by atomic mass is 35.5. The molecule has 0 aliphatic carbocycles. The number of carboxylic acids is 1. The van der Waals surface area contributed by atoms with Crippen molar-refractivity contribution < 1.29 is 14.6 Å². The van der Waals surface area contributed by atoms with Gasteiger partial charge in [-0.15, -0.1) is 0 Å². The van der Waals surface area contributed by atoms with E-state index in [1.165, 1.54) is 6.07 Å². The lowest BCUT2D eigenvalue weighted by atomic mass is 10.1. The molecule has 1 heterocycles. The Balaban J connectivity index is 2.02. The van der Waals surface area contributed by atoms with Gasteiger partial charge in [0, 0.05) is 12.5 Å². The molecule has 2 aromatic rings. The third-order valence-corrected chi connectivity index (χ3v) is 3.09. The predicted octanol–water partition coefficient (Wildman–Crippen LogP) is 3.01. The Hall–Kier alpha value is -2.14. The van der Waals surface area contributed by atoms with Crippen molar-refractivity contribution in [3.8, 4) is 5.75 Å². The molecule has 0 saturated heterocycles. The maximum absolute atomic E-state index is 10.9. The van der Waals surface area contributed by atoms with Crippen LogP contribution in [0.15, 0.2) is 30.3 Å². The number of carboxylic acid groups (broad SMARTS) is 1. The van der Waals surface area contributed by atoms with Crippen molar-refractivity contribution in [1.29, 1.82) is 0 Å². The number of ether oxygens (including phenoxy) is 1. The molecule has 0 saturated carbocycles. The number of carbonyl (C=O) groups is 1. The van der Waals surface area contributed by atoms with Crippen LogP contribution in [0.2, 0.25) is 5.15 Å². The van der Waals surface area contributed by atoms with E-state index in [0.29, 0.717) is 18.9 Å². The Bertz CT molecular complexity index is 647. The van der Waals surface area contributed by atoms with Crippen molar-refractivity contribution in [3.05, 3.63) is 52.6 Å². The summed E-state index contributed by atoms with van der Waals surface area (Å²) in [5, 5.41) is 9.04. The quantitative estimate of drug-likeness (QED) is 0.831. The molecule has 5 nitrogen and oxygen atoms in total. The van der Waals surface area contributed by atoms with Gasteiger partial charge in [0.05, 0.1) is 6.61 Å². The van der Waals surface area contributed by atoms with Crippen LogP contribution in [0.25, 0.3) is 0 Å². The molecule has 110 valence electrons. The Morgan fingerprint density at radius 2 is 2.10 bits per heavy atom. The van der Waals surface area contributed by atoms with E-state index in [0.717, 1.165) is 17.7 Å². The second-order valence-corrected chi connectivity index (χ2v) is 4.74. The molecule has 0 aliphatic heterocycles. The number of aromatic carboxylic acids is 1. The topological polar surface area (TPSA) is 72.3 Å². The lowest BCUT2D eigenvalue weighted by molar-refractivity contribution is 0.0689. The fraction of sp³-hybridized carbons (Fsp3) is 0.267. The average molecular weight is 307 g/mol. The average Bonchev–Trinajstić information content (AvgIpc) is 2.47. The first kappa shape index (κ1) is 15.3. The van der Waals surface area contributed by atoms with E-state index in [4.69, 9.17) is 21.4 Å². The zero-order valence-electron chi connectivity index (χ0n) is 11.5. The van der Waals surface area contributed by atoms with Gasteiger partial charge in [0.2, 0.25) is 0 Å². The molecule has 1 aromatic heterocycles. The molecule has 1 N–H and O–H groups in total. The minimum Gasteiger partial charge on any atom is -0.493 e. The molecule has 1 aromatic carbocycles. The predicted molar refractivity (Wildman–Crippen MR) is 79.0 cm³/mol. The van der Waals surface area contributed by atoms with Crippen LogP contribution in [0.1, 0.15) is 28.8 Å². The standard InChI is InChI=1S/C15H15ClN2O3/c1-2-10-5-3-4-6-12(10)21-8-7-14-17-11(15(19)20)9-13(16)18-14/h3-6,9H,2,7-8H2,1H3,(H,19,20). The Morgan fingerprint density at radius 1 is 1.33 bits per heavy atom. The molecule has 2 rings (SSSR count). The molecular formula is C15H15ClN2O3. The van der Waals surface area contributed by atoms with Gasteiger partial charge in [0.15, 0.2) is 5.69 Å². The van der Waals surface area contributed by atoms with Gasteiger partial charge in [0.1, 0.15) is 16.7 Å². The number of aryl methyl sites for hydroxylation is 1. The van der Waals surface area contributed by atoms with E-state index >= 15 is 0 Å². The normalized spacial score (nSPS) is 10.4. The molecule has 21 heavy (non-hydrogen) atoms. The number of para-hydroxylation sites is 1. The highest BCUT2D eigenvalue weighted by molar-refractivity contribution is 6.29. The van der Waals surface area contributed by atoms with Crippen molar-refractivity contribution in [2.24, 2.45) is 0 Å². The minimum atomic E-state index is -1.13. The first-order valence-corrected chi connectivity index (χ1v) is 6.95. The lowest BCUT2D eigenvalue weighted by Crippen LogP contribution is -2.10. The second-order valence-electron chi connectivity index (χ2n) is 4.36. The second kappa shape index (κ2) is 7.04. The molecule has 0 atom stereocenters. The van der Waals surface area contributed by atoms with Crippen molar-refractivity contribution in [2.45, 2.75) is 19.8 Å². The fourth-order valence-corrected chi connectivity index (χ4v) is 2.08. The Kier molecular flexibility index (Phi) is 5.11. The molecular weight excluding hydrogens is 292 g/mol. The molecule has 0 radical (unpaired) electrons. The van der Waals surface area contributed by atoms with Crippen LogP contribution >= 0.6 is 11.6 Å². The van der Waals surface area contributed by atoms with Gasteiger partial charge in [-0.25, -0.2) is 14.8 Å². The van der Waals surface area contributed by atoms with E-state index < -0.39 is 5.97 Å². The van der Waals surface area contributed by atoms with Crippen LogP contribution in [0.3, 0.4) is 0 Å². The van der Waals surface area contributed by atoms with Gasteiger partial charge >= 0.3 is 5.97 Å². The van der Waals surface area contributed by atoms with Crippen LogP contribution in [0, 0.1) is 0 Å². The van der Waals surface area contributed by atoms with Crippen molar-refractivity contribution >= 4 is 17.6 Å². The van der Waals surface area contributed by atoms with Gasteiger partial charge in [-0.05, 0) is 18.1 Å². The smallest absolute Gasteiger partial charge is 0.354 e. The monoisotopic (exact) mass is 306 g/mol. The van der Waals surface area contributed by atoms with Crippen molar-refractivity contribution in [1.82, 2.24) is 9.97 Å². The molecule has 0 unspecified atom stereocenters. The van der Waals surface area contributed by atoms with Gasteiger partial charge in [0.25, 0.3) is 0 Å². The van der Waals surface area contributed by atoms with E-state index in [2.05, 4.69) is 16.9 Å². The number of halogens is 1. The maximum Gasteiger partial charge on any atom is 0.354 e. The maximum atomic E-state index is 10.9. The lowest BCUT2D eigenvalue weighted by Gasteiger charge is -2.10. The summed E-state index contributed by atoms with van der Waals surface area (Å²) in [6, 6.07) is 9.01. The third kappa shape index (κ3) is 4.16. The number of hydrogen-bond acceptors (Lipinski definition) is 4. The van der Waals surface area contributed by atoms with Gasteiger partial charge in [-0.2, -0.15) is 0 Å². The summed E-state index contributed by atoms with van der Waals surface area (Å²) in [4.78, 5) is 18.8. The molecule has 0 bridgehead atoms. The first-order chi connectivity index (χ1) is 10.1. The summed E-state index contributed by atoms with van der Waals surface area (Å²) in [7, 11) is 0. The van der Waals surface area contributed by atoms with Crippen LogP contribution in [-0.2, 0) is 12.8 Å². The number of rotatable bonds is 6. The van der Waals surface area contributed by atoms with E-state index in [-0.39, 0.29) is 10.8 Å². The first-order valence-electron chi connectivity index (χ1n) is 6.57. The minimum absolute atomic E-state index is 0.112. The Morgan fingerprint density at radius 3 is 2.81 bits per heavy atom. The van der Waals surface area contributed by atoms with Crippen molar-refractivity contribution in [3.63, 3.8) is 0 Å². The molecule has 0 spiro atoms. The molecule has 0 aliphatic rings. The van der Waals surface area contributed by atoms with Gasteiger partial charge < -0.3 is 9.84 Å². The van der Waals surface area contributed by atoms with Gasteiger partial charge in [-0.3, -0.25) is 0 Å². The van der Waals surface area contributed by atoms with Gasteiger partial charge in [-0.1, -0.05) is 36.7 Å². The van der Waals surface area contributed by atoms with Crippen LogP contribution in [0.5, 0.6) is 5.75 Å². The summed E-state index contributed by atoms with van der Waals surface area (Å²) in [6.45, 7) is 2.41. The van der Waals surface area contributed by atoms with Crippen LogP contribution in [0.4, 0.5) is 0 Å². The zero-order valence-corrected chi connectivity index (χ0v) is 12.3. The summed E-state index contributed by atoms with van der Waals surface area (Å²) >= 11 is 5.78. The molecule has 0 amide bonds. The van der Waals surface area contributed by atoms with Crippen LogP contribution in [-0.4, -0.2) is 27.7 Å². The molecule has 6 heteroatoms. The fourth-order valence-electron chi connectivity index (χ4n) is 1.88. The highest BCUT2D eigenvalue weighted by Gasteiger charge is 2.10. The Labute approximate surface area is 127 Å². The molecule has 0 fully saturated rings. The summed E-state index contributed by atoms with van der Waals surface area (Å²) in [5.74, 6) is 0.0483. The number of benzene rings is 1. The van der Waals surface area contributed by atoms with Crippen LogP contribution < -0.4 is 4.74 Å². The SMILES string of the molecule is CCc1ccccc1OCCc1nc(Cl)cc(C(=O)O)n1.